The summed E-state index contributed by atoms with van der Waals surface area (Å²) < 4.78 is 27.3. The van der Waals surface area contributed by atoms with Crippen molar-refractivity contribution in [1.29, 1.82) is 0 Å². The quantitative estimate of drug-likeness (QED) is 0.269. The number of aromatic nitrogens is 2. The van der Waals surface area contributed by atoms with Crippen LogP contribution in [-0.4, -0.2) is 67.7 Å². The van der Waals surface area contributed by atoms with Crippen LogP contribution >= 0.6 is 0 Å². The Morgan fingerprint density at radius 3 is 2.72 bits per heavy atom. The Bertz CT molecular complexity index is 1430. The van der Waals surface area contributed by atoms with E-state index in [9.17, 15) is 0 Å². The van der Waals surface area contributed by atoms with E-state index in [-0.39, 0.29) is 23.2 Å². The van der Waals surface area contributed by atoms with E-state index in [0.717, 1.165) is 31.5 Å². The molecule has 0 atom stereocenters. The molecule has 1 fully saturated rings. The van der Waals surface area contributed by atoms with E-state index < -0.39 is 5.82 Å². The van der Waals surface area contributed by atoms with Gasteiger partial charge in [-0.25, -0.2) is 14.4 Å². The molecule has 39 heavy (non-hydrogen) atoms. The molecule has 3 aromatic rings. The number of ether oxygens (including phenoxy) is 2. The SMILES string of the molecule is C=Cc1c(N=C)ccc(Nc2ncnc3cc(/C(C=NCC)=C(/N)OC)cc(OC4CCN(C)CC4)c23)c1F. The van der Waals surface area contributed by atoms with Crippen molar-refractivity contribution in [3.8, 4) is 5.75 Å². The number of aliphatic imine (C=N–C) groups is 2. The van der Waals surface area contributed by atoms with Gasteiger partial charge < -0.3 is 25.4 Å². The third kappa shape index (κ3) is 6.06. The zero-order valence-corrected chi connectivity index (χ0v) is 22.6. The summed E-state index contributed by atoms with van der Waals surface area (Å²) in [4.78, 5) is 19.5. The minimum absolute atomic E-state index is 0.00808. The third-order valence-corrected chi connectivity index (χ3v) is 6.64. The van der Waals surface area contributed by atoms with Gasteiger partial charge in [0.05, 0.1) is 35.0 Å². The summed E-state index contributed by atoms with van der Waals surface area (Å²) >= 11 is 0. The van der Waals surface area contributed by atoms with E-state index in [1.54, 1.807) is 18.3 Å². The molecule has 1 aromatic heterocycles. The molecule has 0 spiro atoms. The van der Waals surface area contributed by atoms with Gasteiger partial charge in [-0.05, 0) is 63.4 Å². The molecule has 2 aromatic carbocycles. The van der Waals surface area contributed by atoms with E-state index in [4.69, 9.17) is 15.2 Å². The Morgan fingerprint density at radius 1 is 1.28 bits per heavy atom. The van der Waals surface area contributed by atoms with Crippen molar-refractivity contribution in [2.45, 2.75) is 25.9 Å². The fourth-order valence-electron chi connectivity index (χ4n) is 4.49. The van der Waals surface area contributed by atoms with Gasteiger partial charge in [0.2, 0.25) is 0 Å². The van der Waals surface area contributed by atoms with Crippen LogP contribution in [0.3, 0.4) is 0 Å². The molecule has 1 aliphatic heterocycles. The highest BCUT2D eigenvalue weighted by Gasteiger charge is 2.23. The molecule has 0 amide bonds. The molecule has 0 bridgehead atoms. The number of fused-ring (bicyclic) bond motifs is 1. The van der Waals surface area contributed by atoms with Crippen molar-refractivity contribution in [2.24, 2.45) is 15.7 Å². The second kappa shape index (κ2) is 12.5. The highest BCUT2D eigenvalue weighted by Crippen LogP contribution is 2.38. The van der Waals surface area contributed by atoms with Crippen LogP contribution in [0.1, 0.15) is 30.9 Å². The smallest absolute Gasteiger partial charge is 0.193 e. The molecule has 0 radical (unpaired) electrons. The Morgan fingerprint density at radius 2 is 2.05 bits per heavy atom. The molecule has 2 heterocycles. The van der Waals surface area contributed by atoms with Crippen LogP contribution in [0.4, 0.5) is 21.6 Å². The van der Waals surface area contributed by atoms with Gasteiger partial charge in [-0.3, -0.25) is 9.98 Å². The average Bonchev–Trinajstić information content (AvgIpc) is 2.95. The Kier molecular flexibility index (Phi) is 8.88. The summed E-state index contributed by atoms with van der Waals surface area (Å²) in [6.45, 7) is 11.6. The van der Waals surface area contributed by atoms with Crippen molar-refractivity contribution in [3.05, 3.63) is 60.0 Å². The minimum Gasteiger partial charge on any atom is -0.489 e. The number of likely N-dealkylation sites (tertiary alicyclic amines) is 1. The number of benzene rings is 2. The van der Waals surface area contributed by atoms with Crippen LogP contribution < -0.4 is 15.8 Å². The molecular formula is C29H34FN7O2. The number of nitrogens with one attached hydrogen (secondary N) is 1. The average molecular weight is 532 g/mol. The molecule has 4 rings (SSSR count). The zero-order chi connectivity index (χ0) is 27.9. The Hall–Kier alpha value is -4.31. The maximum absolute atomic E-state index is 15.4. The number of anilines is 2. The van der Waals surface area contributed by atoms with Gasteiger partial charge in [-0.1, -0.05) is 12.7 Å². The number of hydrogen-bond donors (Lipinski definition) is 2. The maximum atomic E-state index is 15.4. The van der Waals surface area contributed by atoms with Crippen LogP contribution in [-0.2, 0) is 4.74 Å². The van der Waals surface area contributed by atoms with Gasteiger partial charge in [0.15, 0.2) is 11.7 Å². The Labute approximate surface area is 228 Å². The van der Waals surface area contributed by atoms with E-state index in [1.807, 2.05) is 19.1 Å². The first-order valence-corrected chi connectivity index (χ1v) is 12.8. The van der Waals surface area contributed by atoms with Crippen LogP contribution in [0.5, 0.6) is 5.75 Å². The summed E-state index contributed by atoms with van der Waals surface area (Å²) in [7, 11) is 3.61. The predicted molar refractivity (Wildman–Crippen MR) is 157 cm³/mol. The van der Waals surface area contributed by atoms with E-state index >= 15 is 4.39 Å². The summed E-state index contributed by atoms with van der Waals surface area (Å²) in [5.41, 5.74) is 8.99. The Balaban J connectivity index is 1.88. The number of piperidine rings is 1. The van der Waals surface area contributed by atoms with Crippen molar-refractivity contribution in [3.63, 3.8) is 0 Å². The van der Waals surface area contributed by atoms with Crippen molar-refractivity contribution in [2.75, 3.05) is 39.1 Å². The molecule has 0 unspecified atom stereocenters. The van der Waals surface area contributed by atoms with Crippen molar-refractivity contribution in [1.82, 2.24) is 14.9 Å². The van der Waals surface area contributed by atoms with Crippen LogP contribution in [0.25, 0.3) is 22.6 Å². The number of methoxy groups -OCH3 is 1. The third-order valence-electron chi connectivity index (χ3n) is 6.64. The van der Waals surface area contributed by atoms with Gasteiger partial charge in [-0.2, -0.15) is 0 Å². The van der Waals surface area contributed by atoms with Crippen LogP contribution in [0.15, 0.2) is 53.0 Å². The van der Waals surface area contributed by atoms with Crippen molar-refractivity contribution < 1.29 is 13.9 Å². The van der Waals surface area contributed by atoms with E-state index in [1.165, 1.54) is 19.5 Å². The molecule has 1 aliphatic rings. The van der Waals surface area contributed by atoms with Crippen LogP contribution in [0, 0.1) is 5.82 Å². The van der Waals surface area contributed by atoms with Gasteiger partial charge in [0.1, 0.15) is 24.0 Å². The zero-order valence-electron chi connectivity index (χ0n) is 22.6. The molecule has 0 aliphatic carbocycles. The first kappa shape index (κ1) is 27.7. The van der Waals surface area contributed by atoms with Crippen molar-refractivity contribution >= 4 is 52.7 Å². The normalized spacial score (nSPS) is 15.3. The monoisotopic (exact) mass is 531 g/mol. The second-order valence-electron chi connectivity index (χ2n) is 9.17. The molecule has 9 nitrogen and oxygen atoms in total. The first-order chi connectivity index (χ1) is 18.9. The number of nitrogens with two attached hydrogens (primary N) is 1. The summed E-state index contributed by atoms with van der Waals surface area (Å²) in [5, 5.41) is 3.75. The van der Waals surface area contributed by atoms with E-state index in [0.29, 0.717) is 40.3 Å². The molecular weight excluding hydrogens is 497 g/mol. The highest BCUT2D eigenvalue weighted by molar-refractivity contribution is 6.12. The van der Waals surface area contributed by atoms with Gasteiger partial charge in [0, 0.05) is 31.4 Å². The fourth-order valence-corrected chi connectivity index (χ4v) is 4.49. The molecule has 10 heteroatoms. The molecule has 1 saturated heterocycles. The molecule has 204 valence electrons. The number of allylic oxidation sites excluding steroid dienone is 1. The lowest BCUT2D eigenvalue weighted by Crippen LogP contribution is -2.35. The number of rotatable bonds is 10. The number of nitrogens with zero attached hydrogens (tertiary/aromatic N) is 5. The standard InChI is InChI=1S/C29H34FN7O2/c1-6-20-22(32-3)8-9-23(27(20)30)36-29-26-24(34-17-35-29)14-18(21(16-33-7-2)28(31)38-5)15-25(26)39-19-10-12-37(4)13-11-19/h6,8-9,14-17,19H,1,3,7,10-13,31H2,2,4-5H3,(H,34,35,36)/b28-21-,33-16?. The summed E-state index contributed by atoms with van der Waals surface area (Å²) in [5.74, 6) is 0.666. The number of hydrogen-bond acceptors (Lipinski definition) is 9. The second-order valence-corrected chi connectivity index (χ2v) is 9.17. The molecule has 3 N–H and O–H groups in total. The summed E-state index contributed by atoms with van der Waals surface area (Å²) in [6.07, 6.45) is 6.24. The van der Waals surface area contributed by atoms with Gasteiger partial charge in [0.25, 0.3) is 0 Å². The highest BCUT2D eigenvalue weighted by atomic mass is 19.1. The van der Waals surface area contributed by atoms with Gasteiger partial charge >= 0.3 is 0 Å². The lowest BCUT2D eigenvalue weighted by atomic mass is 10.0. The number of halogens is 1. The largest absolute Gasteiger partial charge is 0.489 e. The maximum Gasteiger partial charge on any atom is 0.193 e. The molecule has 0 saturated carbocycles. The van der Waals surface area contributed by atoms with E-state index in [2.05, 4.69) is 50.5 Å². The lowest BCUT2D eigenvalue weighted by molar-refractivity contribution is 0.116. The minimum atomic E-state index is -0.509. The predicted octanol–water partition coefficient (Wildman–Crippen LogP) is 5.33. The van der Waals surface area contributed by atoms with Crippen LogP contribution in [0.2, 0.25) is 0 Å². The lowest BCUT2D eigenvalue weighted by Gasteiger charge is -2.30. The van der Waals surface area contributed by atoms with Gasteiger partial charge in [-0.15, -0.1) is 0 Å². The fraction of sp³-hybridized carbons (Fsp3) is 0.310. The first-order valence-electron chi connectivity index (χ1n) is 12.8. The topological polar surface area (TPSA) is 110 Å². The summed E-state index contributed by atoms with van der Waals surface area (Å²) in [6, 6.07) is 7.01.